The second-order valence-electron chi connectivity index (χ2n) is 11.2. The molecule has 0 radical (unpaired) electrons. The van der Waals surface area contributed by atoms with Gasteiger partial charge in [0.1, 0.15) is 18.2 Å². The molecule has 7 rings (SSSR count). The van der Waals surface area contributed by atoms with E-state index >= 15 is 0 Å². The Kier molecular flexibility index (Phi) is 5.18. The summed E-state index contributed by atoms with van der Waals surface area (Å²) >= 11 is 0. The van der Waals surface area contributed by atoms with Gasteiger partial charge in [0.05, 0.1) is 17.2 Å². The molecule has 5 aromatic rings. The van der Waals surface area contributed by atoms with Crippen LogP contribution in [-0.4, -0.2) is 0 Å². The van der Waals surface area contributed by atoms with Gasteiger partial charge in [0.25, 0.3) is 0 Å². The number of hydrogen-bond donors (Lipinski definition) is 0. The molecule has 2 unspecified atom stereocenters. The SMILES string of the molecule is Cc1ccc2c(oc3c(-c4ccc(C5CC6CCCC6C5)cc4)c(C#N)ccc32)c1-c1cccc[n+]1C. The average Bonchev–Trinajstić information content (AvgIpc) is 3.62. The lowest BCUT2D eigenvalue weighted by Gasteiger charge is -2.13. The highest BCUT2D eigenvalue weighted by atomic mass is 16.3. The lowest BCUT2D eigenvalue weighted by molar-refractivity contribution is -0.660. The van der Waals surface area contributed by atoms with Gasteiger partial charge >= 0.3 is 0 Å². The van der Waals surface area contributed by atoms with Crippen LogP contribution in [0, 0.1) is 30.1 Å². The van der Waals surface area contributed by atoms with Crippen molar-refractivity contribution >= 4 is 21.9 Å². The maximum absolute atomic E-state index is 10.1. The standard InChI is InChI=1S/C34H31N2O/c1-21-9-15-28-29-16-14-26(20-35)32(34(29)37-33(28)31(21)30-8-3-4-17-36(30)2)23-12-10-22(11-13-23)27-18-24-6-5-7-25(24)19-27/h3-4,8-17,24-25,27H,5-7,18-19H2,1-2H3/q+1. The Bertz CT molecular complexity index is 1690. The van der Waals surface area contributed by atoms with E-state index in [0.717, 1.165) is 56.2 Å². The molecule has 2 aliphatic carbocycles. The van der Waals surface area contributed by atoms with Crippen molar-refractivity contribution in [1.29, 1.82) is 5.26 Å². The first kappa shape index (κ1) is 22.3. The Morgan fingerprint density at radius 2 is 1.54 bits per heavy atom. The van der Waals surface area contributed by atoms with E-state index in [4.69, 9.17) is 4.42 Å². The van der Waals surface area contributed by atoms with Crippen LogP contribution in [0.1, 0.15) is 54.7 Å². The lowest BCUT2D eigenvalue weighted by Crippen LogP contribution is -2.30. The van der Waals surface area contributed by atoms with Crippen molar-refractivity contribution in [2.45, 2.75) is 44.9 Å². The van der Waals surface area contributed by atoms with E-state index in [-0.39, 0.29) is 0 Å². The minimum atomic E-state index is 0.651. The van der Waals surface area contributed by atoms with Crippen LogP contribution in [0.15, 0.2) is 77.3 Å². The number of furan rings is 1. The second-order valence-corrected chi connectivity index (χ2v) is 11.2. The van der Waals surface area contributed by atoms with E-state index < -0.39 is 0 Å². The number of nitrogens with zero attached hydrogens (tertiary/aromatic N) is 2. The Morgan fingerprint density at radius 1 is 0.838 bits per heavy atom. The fourth-order valence-electron chi connectivity index (χ4n) is 7.24. The highest BCUT2D eigenvalue weighted by Crippen LogP contribution is 2.50. The molecule has 3 nitrogen and oxygen atoms in total. The minimum Gasteiger partial charge on any atom is -0.454 e. The zero-order valence-corrected chi connectivity index (χ0v) is 21.5. The average molecular weight is 484 g/mol. The molecule has 2 aliphatic rings. The van der Waals surface area contributed by atoms with Crippen LogP contribution in [0.2, 0.25) is 0 Å². The molecule has 0 aliphatic heterocycles. The van der Waals surface area contributed by atoms with Gasteiger partial charge in [0.15, 0.2) is 6.20 Å². The van der Waals surface area contributed by atoms with Crippen LogP contribution in [0.4, 0.5) is 0 Å². The number of benzene rings is 3. The zero-order valence-electron chi connectivity index (χ0n) is 21.5. The molecule has 3 heteroatoms. The van der Waals surface area contributed by atoms with Crippen LogP contribution in [0.5, 0.6) is 0 Å². The van der Waals surface area contributed by atoms with Crippen molar-refractivity contribution in [3.63, 3.8) is 0 Å². The van der Waals surface area contributed by atoms with E-state index in [2.05, 4.69) is 79.3 Å². The molecular formula is C34H31N2O+. The summed E-state index contributed by atoms with van der Waals surface area (Å²) in [7, 11) is 2.06. The molecular weight excluding hydrogens is 452 g/mol. The van der Waals surface area contributed by atoms with E-state index in [1.165, 1.54) is 43.2 Å². The second kappa shape index (κ2) is 8.60. The fraction of sp³-hybridized carbons (Fsp3) is 0.294. The number of pyridine rings is 1. The first-order valence-electron chi connectivity index (χ1n) is 13.6. The lowest BCUT2D eigenvalue weighted by atomic mass is 9.91. The van der Waals surface area contributed by atoms with Gasteiger partial charge in [-0.2, -0.15) is 5.26 Å². The van der Waals surface area contributed by atoms with Gasteiger partial charge < -0.3 is 4.42 Å². The topological polar surface area (TPSA) is 40.8 Å². The minimum absolute atomic E-state index is 0.651. The van der Waals surface area contributed by atoms with Crippen LogP contribution < -0.4 is 4.57 Å². The molecule has 2 heterocycles. The summed E-state index contributed by atoms with van der Waals surface area (Å²) in [6.45, 7) is 2.13. The third-order valence-electron chi connectivity index (χ3n) is 9.11. The summed E-state index contributed by atoms with van der Waals surface area (Å²) in [5.41, 5.74) is 9.09. The molecule has 3 aromatic carbocycles. The van der Waals surface area contributed by atoms with Gasteiger partial charge in [-0.15, -0.1) is 0 Å². The maximum atomic E-state index is 10.1. The molecule has 0 saturated heterocycles. The molecule has 182 valence electrons. The first-order chi connectivity index (χ1) is 18.1. The van der Waals surface area contributed by atoms with Crippen molar-refractivity contribution in [3.05, 3.63) is 89.6 Å². The first-order valence-corrected chi connectivity index (χ1v) is 13.6. The molecule has 2 atom stereocenters. The van der Waals surface area contributed by atoms with Crippen molar-refractivity contribution in [2.75, 3.05) is 0 Å². The number of nitriles is 1. The van der Waals surface area contributed by atoms with Gasteiger partial charge in [0, 0.05) is 28.5 Å². The number of aryl methyl sites for hydroxylation is 2. The third kappa shape index (κ3) is 3.50. The van der Waals surface area contributed by atoms with Gasteiger partial charge in [-0.05, 0) is 72.4 Å². The fourth-order valence-corrected chi connectivity index (χ4v) is 7.24. The van der Waals surface area contributed by atoms with Gasteiger partial charge in [-0.3, -0.25) is 0 Å². The predicted molar refractivity (Wildman–Crippen MR) is 148 cm³/mol. The summed E-state index contributed by atoms with van der Waals surface area (Å²) < 4.78 is 8.85. The molecule has 0 bridgehead atoms. The molecule has 0 amide bonds. The summed E-state index contributed by atoms with van der Waals surface area (Å²) in [5.74, 6) is 2.55. The zero-order chi connectivity index (χ0) is 25.1. The molecule has 37 heavy (non-hydrogen) atoms. The molecule has 0 N–H and O–H groups in total. The van der Waals surface area contributed by atoms with Crippen LogP contribution in [0.3, 0.4) is 0 Å². The monoisotopic (exact) mass is 483 g/mol. The number of aromatic nitrogens is 1. The van der Waals surface area contributed by atoms with Crippen molar-refractivity contribution in [1.82, 2.24) is 0 Å². The Balaban J connectivity index is 1.38. The van der Waals surface area contributed by atoms with E-state index in [0.29, 0.717) is 11.5 Å². The van der Waals surface area contributed by atoms with Gasteiger partial charge in [-0.1, -0.05) is 55.7 Å². The molecule has 0 spiro atoms. The highest BCUT2D eigenvalue weighted by molar-refractivity contribution is 6.13. The number of hydrogen-bond acceptors (Lipinski definition) is 2. The van der Waals surface area contributed by atoms with Crippen molar-refractivity contribution in [2.24, 2.45) is 18.9 Å². The Morgan fingerprint density at radius 3 is 2.24 bits per heavy atom. The van der Waals surface area contributed by atoms with Crippen LogP contribution in [-0.2, 0) is 7.05 Å². The largest absolute Gasteiger partial charge is 0.454 e. The number of fused-ring (bicyclic) bond motifs is 4. The normalized spacial score (nSPS) is 20.9. The van der Waals surface area contributed by atoms with Crippen LogP contribution >= 0.6 is 0 Å². The van der Waals surface area contributed by atoms with E-state index in [9.17, 15) is 5.26 Å². The Labute approximate surface area is 218 Å². The van der Waals surface area contributed by atoms with Gasteiger partial charge in [-0.25, -0.2) is 4.57 Å². The summed E-state index contributed by atoms with van der Waals surface area (Å²) in [6.07, 6.45) is 9.00. The van der Waals surface area contributed by atoms with Crippen molar-refractivity contribution < 1.29 is 8.98 Å². The maximum Gasteiger partial charge on any atom is 0.216 e. The van der Waals surface area contributed by atoms with Crippen LogP contribution in [0.25, 0.3) is 44.3 Å². The van der Waals surface area contributed by atoms with E-state index in [1.54, 1.807) is 0 Å². The predicted octanol–water partition coefficient (Wildman–Crippen LogP) is 8.22. The summed E-state index contributed by atoms with van der Waals surface area (Å²) in [6, 6.07) is 26.0. The quantitative estimate of drug-likeness (QED) is 0.243. The number of rotatable bonds is 3. The Hall–Kier alpha value is -3.90. The molecule has 2 saturated carbocycles. The highest BCUT2D eigenvalue weighted by Gasteiger charge is 2.37. The third-order valence-corrected chi connectivity index (χ3v) is 9.11. The molecule has 2 aromatic heterocycles. The van der Waals surface area contributed by atoms with Gasteiger partial charge in [0.2, 0.25) is 5.69 Å². The smallest absolute Gasteiger partial charge is 0.216 e. The van der Waals surface area contributed by atoms with Crippen molar-refractivity contribution in [3.8, 4) is 28.5 Å². The van der Waals surface area contributed by atoms with E-state index in [1.807, 2.05) is 18.2 Å². The molecule has 2 fully saturated rings. The summed E-state index contributed by atoms with van der Waals surface area (Å²) in [5, 5.41) is 12.2. The summed E-state index contributed by atoms with van der Waals surface area (Å²) in [4.78, 5) is 0.